The summed E-state index contributed by atoms with van der Waals surface area (Å²) >= 11 is 0. The van der Waals surface area contributed by atoms with Crippen molar-refractivity contribution in [1.29, 1.82) is 0 Å². The molecule has 0 aliphatic carbocycles. The summed E-state index contributed by atoms with van der Waals surface area (Å²) in [5, 5.41) is 0. The molecular formula is C19H25N5O2. The third kappa shape index (κ3) is 3.64. The number of anilines is 1. The zero-order valence-electron chi connectivity index (χ0n) is 15.2. The molecule has 1 spiro atoms. The Kier molecular flexibility index (Phi) is 4.99. The maximum Gasteiger partial charge on any atom is 0.225 e. The first-order valence-corrected chi connectivity index (χ1v) is 9.14. The van der Waals surface area contributed by atoms with E-state index < -0.39 is 0 Å². The topological polar surface area (TPSA) is 63.6 Å². The van der Waals surface area contributed by atoms with Crippen molar-refractivity contribution in [3.8, 4) is 5.88 Å². The lowest BCUT2D eigenvalue weighted by molar-refractivity contribution is -0.0924. The molecule has 4 heterocycles. The van der Waals surface area contributed by atoms with E-state index in [-0.39, 0.29) is 5.60 Å². The summed E-state index contributed by atoms with van der Waals surface area (Å²) in [6.45, 7) is 5.31. The van der Waals surface area contributed by atoms with E-state index in [9.17, 15) is 0 Å². The van der Waals surface area contributed by atoms with Gasteiger partial charge in [0, 0.05) is 50.3 Å². The highest BCUT2D eigenvalue weighted by Crippen LogP contribution is 2.32. The van der Waals surface area contributed by atoms with Gasteiger partial charge in [-0.3, -0.25) is 4.90 Å². The number of nitrogens with zero attached hydrogens (tertiary/aromatic N) is 5. The molecular weight excluding hydrogens is 330 g/mol. The molecule has 0 radical (unpaired) electrons. The predicted molar refractivity (Wildman–Crippen MR) is 98.2 cm³/mol. The van der Waals surface area contributed by atoms with Crippen molar-refractivity contribution in [2.75, 3.05) is 44.8 Å². The standard InChI is InChI=1S/C19H25N5O2/c1-25-17-16(4-2-7-20-17)14-23-10-5-19(6-11-23)15-24(12-13-26-19)18-21-8-3-9-22-18/h2-4,7-9H,5-6,10-15H2,1H3. The van der Waals surface area contributed by atoms with E-state index in [2.05, 4.69) is 30.8 Å². The van der Waals surface area contributed by atoms with Crippen molar-refractivity contribution in [3.05, 3.63) is 42.4 Å². The molecule has 0 N–H and O–H groups in total. The maximum absolute atomic E-state index is 6.24. The Morgan fingerprint density at radius 3 is 2.62 bits per heavy atom. The van der Waals surface area contributed by atoms with E-state index in [0.717, 1.165) is 63.7 Å². The Labute approximate surface area is 154 Å². The highest BCUT2D eigenvalue weighted by molar-refractivity contribution is 5.30. The van der Waals surface area contributed by atoms with Crippen LogP contribution in [0.15, 0.2) is 36.8 Å². The largest absolute Gasteiger partial charge is 0.481 e. The number of piperidine rings is 1. The molecule has 0 unspecified atom stereocenters. The molecule has 0 bridgehead atoms. The van der Waals surface area contributed by atoms with E-state index in [1.807, 2.05) is 12.1 Å². The number of rotatable bonds is 4. The molecule has 2 aliphatic heterocycles. The van der Waals surface area contributed by atoms with Gasteiger partial charge in [0.1, 0.15) is 0 Å². The van der Waals surface area contributed by atoms with Gasteiger partial charge in [0.25, 0.3) is 0 Å². The Balaban J connectivity index is 1.38. The van der Waals surface area contributed by atoms with Crippen LogP contribution in [0.1, 0.15) is 18.4 Å². The number of ether oxygens (including phenoxy) is 2. The van der Waals surface area contributed by atoms with Crippen molar-refractivity contribution >= 4 is 5.95 Å². The number of hydrogen-bond donors (Lipinski definition) is 0. The Bertz CT molecular complexity index is 719. The predicted octanol–water partition coefficient (Wildman–Crippen LogP) is 1.75. The summed E-state index contributed by atoms with van der Waals surface area (Å²) in [4.78, 5) is 17.8. The third-order valence-corrected chi connectivity index (χ3v) is 5.29. The van der Waals surface area contributed by atoms with Gasteiger partial charge in [0.2, 0.25) is 11.8 Å². The van der Waals surface area contributed by atoms with Gasteiger partial charge in [0.15, 0.2) is 0 Å². The maximum atomic E-state index is 6.24. The molecule has 0 amide bonds. The molecule has 0 saturated carbocycles. The SMILES string of the molecule is COc1ncccc1CN1CCC2(CC1)CN(c1ncccn1)CCO2. The zero-order chi connectivity index (χ0) is 17.8. The van der Waals surface area contributed by atoms with Crippen LogP contribution in [0.5, 0.6) is 5.88 Å². The molecule has 7 heteroatoms. The van der Waals surface area contributed by atoms with Crippen LogP contribution in [-0.2, 0) is 11.3 Å². The molecule has 26 heavy (non-hydrogen) atoms. The van der Waals surface area contributed by atoms with Crippen molar-refractivity contribution in [3.63, 3.8) is 0 Å². The molecule has 7 nitrogen and oxygen atoms in total. The number of morpholine rings is 1. The van der Waals surface area contributed by atoms with E-state index in [0.29, 0.717) is 5.88 Å². The molecule has 2 aliphatic rings. The van der Waals surface area contributed by atoms with Crippen LogP contribution >= 0.6 is 0 Å². The minimum atomic E-state index is -0.0903. The monoisotopic (exact) mass is 355 g/mol. The average molecular weight is 355 g/mol. The number of likely N-dealkylation sites (tertiary alicyclic amines) is 1. The Morgan fingerprint density at radius 1 is 1.08 bits per heavy atom. The number of aromatic nitrogens is 3. The minimum Gasteiger partial charge on any atom is -0.481 e. The first kappa shape index (κ1) is 17.2. The van der Waals surface area contributed by atoms with Gasteiger partial charge in [-0.2, -0.15) is 0 Å². The lowest BCUT2D eigenvalue weighted by Crippen LogP contribution is -2.57. The molecule has 2 aromatic rings. The first-order chi connectivity index (χ1) is 12.8. The van der Waals surface area contributed by atoms with Gasteiger partial charge >= 0.3 is 0 Å². The van der Waals surface area contributed by atoms with Crippen LogP contribution in [0.2, 0.25) is 0 Å². The average Bonchev–Trinajstić information content (AvgIpc) is 2.71. The summed E-state index contributed by atoms with van der Waals surface area (Å²) in [5.74, 6) is 1.52. The van der Waals surface area contributed by atoms with E-state index in [1.165, 1.54) is 0 Å². The van der Waals surface area contributed by atoms with Gasteiger partial charge in [-0.05, 0) is 25.0 Å². The number of methoxy groups -OCH3 is 1. The normalized spacial score (nSPS) is 20.3. The molecule has 2 aromatic heterocycles. The Hall–Kier alpha value is -2.25. The molecule has 4 rings (SSSR count). The van der Waals surface area contributed by atoms with Gasteiger partial charge in [-0.15, -0.1) is 0 Å². The molecule has 2 fully saturated rings. The Morgan fingerprint density at radius 2 is 1.85 bits per heavy atom. The number of pyridine rings is 1. The highest BCUT2D eigenvalue weighted by Gasteiger charge is 2.40. The van der Waals surface area contributed by atoms with Crippen LogP contribution in [0.3, 0.4) is 0 Å². The summed E-state index contributed by atoms with van der Waals surface area (Å²) in [6, 6.07) is 5.90. The van der Waals surface area contributed by atoms with Crippen LogP contribution in [0, 0.1) is 0 Å². The van der Waals surface area contributed by atoms with Crippen molar-refractivity contribution in [2.45, 2.75) is 25.0 Å². The van der Waals surface area contributed by atoms with Gasteiger partial charge in [-0.1, -0.05) is 6.07 Å². The van der Waals surface area contributed by atoms with Crippen LogP contribution in [-0.4, -0.2) is 65.3 Å². The molecule has 0 aromatic carbocycles. The summed E-state index contributed by atoms with van der Waals surface area (Å²) in [7, 11) is 1.67. The van der Waals surface area contributed by atoms with Crippen molar-refractivity contribution in [2.24, 2.45) is 0 Å². The van der Waals surface area contributed by atoms with Crippen LogP contribution in [0.25, 0.3) is 0 Å². The molecule has 138 valence electrons. The van der Waals surface area contributed by atoms with Crippen LogP contribution in [0.4, 0.5) is 5.95 Å². The fourth-order valence-corrected chi connectivity index (χ4v) is 3.86. The second-order valence-corrected chi connectivity index (χ2v) is 6.95. The lowest BCUT2D eigenvalue weighted by Gasteiger charge is -2.47. The highest BCUT2D eigenvalue weighted by atomic mass is 16.5. The van der Waals surface area contributed by atoms with Gasteiger partial charge in [-0.25, -0.2) is 15.0 Å². The van der Waals surface area contributed by atoms with Crippen molar-refractivity contribution < 1.29 is 9.47 Å². The quantitative estimate of drug-likeness (QED) is 0.828. The lowest BCUT2D eigenvalue weighted by atomic mass is 9.89. The second kappa shape index (κ2) is 7.55. The first-order valence-electron chi connectivity index (χ1n) is 9.14. The van der Waals surface area contributed by atoms with Gasteiger partial charge in [0.05, 0.1) is 25.9 Å². The van der Waals surface area contributed by atoms with E-state index in [1.54, 1.807) is 25.7 Å². The zero-order valence-corrected chi connectivity index (χ0v) is 15.2. The summed E-state index contributed by atoms with van der Waals surface area (Å²) in [6.07, 6.45) is 7.39. The van der Waals surface area contributed by atoms with E-state index >= 15 is 0 Å². The van der Waals surface area contributed by atoms with Gasteiger partial charge < -0.3 is 14.4 Å². The molecule has 0 atom stereocenters. The van der Waals surface area contributed by atoms with E-state index in [4.69, 9.17) is 9.47 Å². The summed E-state index contributed by atoms with van der Waals surface area (Å²) in [5.41, 5.74) is 1.04. The number of hydrogen-bond acceptors (Lipinski definition) is 7. The smallest absolute Gasteiger partial charge is 0.225 e. The second-order valence-electron chi connectivity index (χ2n) is 6.95. The van der Waals surface area contributed by atoms with Crippen LogP contribution < -0.4 is 9.64 Å². The minimum absolute atomic E-state index is 0.0903. The van der Waals surface area contributed by atoms with Crippen molar-refractivity contribution in [1.82, 2.24) is 19.9 Å². The fraction of sp³-hybridized carbons (Fsp3) is 0.526. The third-order valence-electron chi connectivity index (χ3n) is 5.29. The fourth-order valence-electron chi connectivity index (χ4n) is 3.86. The molecule has 2 saturated heterocycles. The summed E-state index contributed by atoms with van der Waals surface area (Å²) < 4.78 is 11.6.